The summed E-state index contributed by atoms with van der Waals surface area (Å²) in [7, 11) is 0. The number of hydrogen-bond acceptors (Lipinski definition) is 6. The van der Waals surface area contributed by atoms with Gasteiger partial charge in [0.1, 0.15) is 11.8 Å². The molecule has 2 fully saturated rings. The fraction of sp³-hybridized carbons (Fsp3) is 0.414. The number of aryl methyl sites for hydroxylation is 1. The first-order valence-electron chi connectivity index (χ1n) is 13.4. The Kier molecular flexibility index (Phi) is 7.68. The third-order valence-electron chi connectivity index (χ3n) is 7.69. The number of nitrogens with zero attached hydrogens (tertiary/aromatic N) is 4. The highest BCUT2D eigenvalue weighted by molar-refractivity contribution is 6.31. The molecule has 1 saturated heterocycles. The minimum atomic E-state index is -0.551. The van der Waals surface area contributed by atoms with Gasteiger partial charge in [0, 0.05) is 50.8 Å². The monoisotopic (exact) mass is 563 g/mol. The van der Waals surface area contributed by atoms with Crippen molar-refractivity contribution in [1.82, 2.24) is 14.0 Å². The molecule has 2 aliphatic rings. The van der Waals surface area contributed by atoms with Crippen LogP contribution in [-0.2, 0) is 22.7 Å². The van der Waals surface area contributed by atoms with Gasteiger partial charge in [-0.25, -0.2) is 4.79 Å². The number of hydrogen-bond donors (Lipinski definition) is 1. The number of rotatable bonds is 8. The molecule has 11 heteroatoms. The molecule has 208 valence electrons. The summed E-state index contributed by atoms with van der Waals surface area (Å²) in [6.07, 6.45) is 2.02. The van der Waals surface area contributed by atoms with Crippen LogP contribution in [0.5, 0.6) is 5.75 Å². The summed E-state index contributed by atoms with van der Waals surface area (Å²) >= 11 is 6.11. The zero-order chi connectivity index (χ0) is 28.6. The van der Waals surface area contributed by atoms with Crippen LogP contribution in [0.25, 0.3) is 10.9 Å². The van der Waals surface area contributed by atoms with Crippen molar-refractivity contribution in [3.05, 3.63) is 67.8 Å². The van der Waals surface area contributed by atoms with E-state index in [2.05, 4.69) is 5.32 Å². The van der Waals surface area contributed by atoms with Gasteiger partial charge in [-0.1, -0.05) is 11.6 Å². The number of benzene rings is 2. The lowest BCUT2D eigenvalue weighted by Gasteiger charge is -2.19. The van der Waals surface area contributed by atoms with Crippen LogP contribution in [-0.4, -0.2) is 45.5 Å². The molecule has 2 heterocycles. The summed E-state index contributed by atoms with van der Waals surface area (Å²) in [5, 5.41) is 12.6. The maximum Gasteiger partial charge on any atom is 0.331 e. The van der Waals surface area contributed by atoms with E-state index in [1.165, 1.54) is 11.5 Å². The predicted octanol–water partition coefficient (Wildman–Crippen LogP) is 3.23. The van der Waals surface area contributed by atoms with E-state index in [0.717, 1.165) is 12.8 Å². The highest BCUT2D eigenvalue weighted by atomic mass is 35.5. The topological polar surface area (TPSA) is 126 Å². The second-order valence-electron chi connectivity index (χ2n) is 10.5. The average molecular weight is 564 g/mol. The quantitative estimate of drug-likeness (QED) is 0.448. The normalized spacial score (nSPS) is 18.5. The molecule has 1 aliphatic heterocycles. The van der Waals surface area contributed by atoms with Crippen LogP contribution in [0.2, 0.25) is 5.02 Å². The maximum atomic E-state index is 13.5. The van der Waals surface area contributed by atoms with E-state index >= 15 is 0 Å². The molecule has 0 unspecified atom stereocenters. The van der Waals surface area contributed by atoms with Gasteiger partial charge in [0.15, 0.2) is 0 Å². The molecule has 0 radical (unpaired) electrons. The summed E-state index contributed by atoms with van der Waals surface area (Å²) in [6, 6.07) is 11.7. The lowest BCUT2D eigenvalue weighted by molar-refractivity contribution is -0.128. The van der Waals surface area contributed by atoms with Gasteiger partial charge in [0.25, 0.3) is 5.56 Å². The molecule has 0 spiro atoms. The molecule has 0 bridgehead atoms. The van der Waals surface area contributed by atoms with Crippen LogP contribution in [0.4, 0.5) is 5.69 Å². The van der Waals surface area contributed by atoms with E-state index in [1.807, 2.05) is 13.0 Å². The zero-order valence-corrected chi connectivity index (χ0v) is 23.1. The Morgan fingerprint density at radius 1 is 1.12 bits per heavy atom. The minimum Gasteiger partial charge on any atom is -0.493 e. The van der Waals surface area contributed by atoms with Crippen molar-refractivity contribution in [3.63, 3.8) is 0 Å². The predicted molar refractivity (Wildman–Crippen MR) is 150 cm³/mol. The Hall–Kier alpha value is -4.10. The van der Waals surface area contributed by atoms with Gasteiger partial charge in [0.05, 0.1) is 34.0 Å². The SMILES string of the molecule is CCn1c(=O)n(CC2CC2)c(=O)c2cc(NC(=O)[C@H]3CN(C(C)=O)C[C@H]3COc3ccc(C#N)c(Cl)c3)ccc21. The Bertz CT molecular complexity index is 1650. The van der Waals surface area contributed by atoms with Crippen molar-refractivity contribution in [1.29, 1.82) is 5.26 Å². The number of carbonyl (C=O) groups excluding carboxylic acids is 2. The number of aromatic nitrogens is 2. The van der Waals surface area contributed by atoms with Gasteiger partial charge in [-0.2, -0.15) is 5.26 Å². The number of likely N-dealkylation sites (tertiary alicyclic amines) is 1. The summed E-state index contributed by atoms with van der Waals surface area (Å²) in [4.78, 5) is 53.4. The second-order valence-corrected chi connectivity index (χ2v) is 10.9. The van der Waals surface area contributed by atoms with Gasteiger partial charge in [-0.15, -0.1) is 0 Å². The standard InChI is InChI=1S/C29H30ClN5O5/c1-3-34-26-9-7-21(10-23(26)28(38)35(29(34)39)13-18-4-5-18)32-27(37)24-15-33(17(2)36)14-20(24)16-40-22-8-6-19(12-31)25(30)11-22/h6-11,18,20,24H,3-5,13-16H2,1-2H3,(H,32,37)/t20-,24-/m0/s1. The molecule has 40 heavy (non-hydrogen) atoms. The molecule has 1 saturated carbocycles. The number of ether oxygens (including phenoxy) is 1. The number of nitriles is 1. The number of fused-ring (bicyclic) bond motifs is 1. The molecule has 2 atom stereocenters. The second kappa shape index (κ2) is 11.2. The molecular weight excluding hydrogens is 534 g/mol. The minimum absolute atomic E-state index is 0.138. The number of anilines is 1. The van der Waals surface area contributed by atoms with Crippen molar-refractivity contribution in [2.75, 3.05) is 25.0 Å². The highest BCUT2D eigenvalue weighted by Crippen LogP contribution is 2.30. The first kappa shape index (κ1) is 27.5. The molecule has 1 aromatic heterocycles. The van der Waals surface area contributed by atoms with E-state index in [4.69, 9.17) is 21.6 Å². The third-order valence-corrected chi connectivity index (χ3v) is 8.01. The molecule has 2 amide bonds. The van der Waals surface area contributed by atoms with Crippen LogP contribution in [0.15, 0.2) is 46.0 Å². The fourth-order valence-corrected chi connectivity index (χ4v) is 5.45. The number of halogens is 1. The molecule has 10 nitrogen and oxygen atoms in total. The van der Waals surface area contributed by atoms with Crippen LogP contribution in [0.1, 0.15) is 32.3 Å². The number of carbonyl (C=O) groups is 2. The van der Waals surface area contributed by atoms with E-state index in [1.54, 1.807) is 45.9 Å². The van der Waals surface area contributed by atoms with Gasteiger partial charge in [-0.3, -0.25) is 23.5 Å². The van der Waals surface area contributed by atoms with E-state index in [-0.39, 0.29) is 47.2 Å². The van der Waals surface area contributed by atoms with Gasteiger partial charge in [0.2, 0.25) is 11.8 Å². The average Bonchev–Trinajstić information content (AvgIpc) is 3.65. The summed E-state index contributed by atoms with van der Waals surface area (Å²) in [6.45, 7) is 4.89. The molecule has 5 rings (SSSR count). The highest BCUT2D eigenvalue weighted by Gasteiger charge is 2.39. The third kappa shape index (κ3) is 5.47. The largest absolute Gasteiger partial charge is 0.493 e. The smallest absolute Gasteiger partial charge is 0.331 e. The number of amides is 2. The van der Waals surface area contributed by atoms with Gasteiger partial charge >= 0.3 is 5.69 Å². The van der Waals surface area contributed by atoms with Crippen LogP contribution in [0, 0.1) is 29.1 Å². The van der Waals surface area contributed by atoms with Crippen LogP contribution >= 0.6 is 11.6 Å². The lowest BCUT2D eigenvalue weighted by Crippen LogP contribution is -2.40. The Morgan fingerprint density at radius 2 is 1.90 bits per heavy atom. The van der Waals surface area contributed by atoms with Crippen LogP contribution < -0.4 is 21.3 Å². The van der Waals surface area contributed by atoms with Gasteiger partial charge in [-0.05, 0) is 56.0 Å². The lowest BCUT2D eigenvalue weighted by atomic mass is 9.96. The summed E-state index contributed by atoms with van der Waals surface area (Å²) in [5.74, 6) is -0.465. The summed E-state index contributed by atoms with van der Waals surface area (Å²) < 4.78 is 8.78. The van der Waals surface area contributed by atoms with E-state index < -0.39 is 5.92 Å². The van der Waals surface area contributed by atoms with Crippen LogP contribution in [0.3, 0.4) is 0 Å². The van der Waals surface area contributed by atoms with Gasteiger partial charge < -0.3 is 15.0 Å². The molecule has 1 aliphatic carbocycles. The molecule has 1 N–H and O–H groups in total. The van der Waals surface area contributed by atoms with E-state index in [9.17, 15) is 19.2 Å². The Balaban J connectivity index is 1.38. The zero-order valence-electron chi connectivity index (χ0n) is 22.4. The van der Waals surface area contributed by atoms with Crippen molar-refractivity contribution < 1.29 is 14.3 Å². The Labute approximate surface area is 235 Å². The van der Waals surface area contributed by atoms with Crippen molar-refractivity contribution in [2.24, 2.45) is 17.8 Å². The van der Waals surface area contributed by atoms with Crippen molar-refractivity contribution in [2.45, 2.75) is 39.8 Å². The maximum absolute atomic E-state index is 13.5. The number of nitrogens with one attached hydrogen (secondary N) is 1. The van der Waals surface area contributed by atoms with Crippen molar-refractivity contribution in [3.8, 4) is 11.8 Å². The summed E-state index contributed by atoms with van der Waals surface area (Å²) in [5.41, 5.74) is 0.627. The van der Waals surface area contributed by atoms with Crippen molar-refractivity contribution >= 4 is 40.0 Å². The Morgan fingerprint density at radius 3 is 2.55 bits per heavy atom. The first-order valence-corrected chi connectivity index (χ1v) is 13.7. The fourth-order valence-electron chi connectivity index (χ4n) is 5.24. The molecule has 3 aromatic rings. The first-order chi connectivity index (χ1) is 19.2. The van der Waals surface area contributed by atoms with E-state index in [0.29, 0.717) is 53.5 Å². The molecular formula is C29H30ClN5O5. The molecule has 2 aromatic carbocycles.